The molecule has 0 saturated heterocycles. The van der Waals surface area contributed by atoms with E-state index in [0.29, 0.717) is 36.9 Å². The number of anilines is 3. The van der Waals surface area contributed by atoms with Gasteiger partial charge in [-0.1, -0.05) is 43.4 Å². The summed E-state index contributed by atoms with van der Waals surface area (Å²) in [6, 6.07) is 3.44. The van der Waals surface area contributed by atoms with Crippen LogP contribution in [0.4, 0.5) is 17.1 Å². The van der Waals surface area contributed by atoms with Crippen LogP contribution in [0.2, 0.25) is 0 Å². The zero-order valence-corrected chi connectivity index (χ0v) is 19.8. The monoisotopic (exact) mass is 484 g/mol. The Labute approximate surface area is 199 Å². The molecule has 1 aliphatic rings. The van der Waals surface area contributed by atoms with Gasteiger partial charge in [-0.25, -0.2) is 8.42 Å². The predicted molar refractivity (Wildman–Crippen MR) is 136 cm³/mol. The molecule has 0 atom stereocenters. The number of pyridine rings is 1. The van der Waals surface area contributed by atoms with E-state index in [1.165, 1.54) is 19.3 Å². The summed E-state index contributed by atoms with van der Waals surface area (Å²) in [6.45, 7) is 1.03. The summed E-state index contributed by atoms with van der Waals surface area (Å²) in [5, 5.41) is 6.00. The lowest BCUT2D eigenvalue weighted by molar-refractivity contribution is 0.0519. The van der Waals surface area contributed by atoms with E-state index in [4.69, 9.17) is 4.84 Å². The Bertz CT molecular complexity index is 1040. The number of hydrogen-bond donors (Lipinski definition) is 3. The van der Waals surface area contributed by atoms with Gasteiger partial charge in [0.2, 0.25) is 10.0 Å². The van der Waals surface area contributed by atoms with Crippen LogP contribution in [0.5, 0.6) is 0 Å². The fourth-order valence-corrected chi connectivity index (χ4v) is 4.97. The molecule has 9 nitrogen and oxygen atoms in total. The van der Waals surface area contributed by atoms with Crippen LogP contribution in [0.15, 0.2) is 34.1 Å². The van der Waals surface area contributed by atoms with Gasteiger partial charge >= 0.3 is 0 Å². The second kappa shape index (κ2) is 12.8. The van der Waals surface area contributed by atoms with Gasteiger partial charge in [0, 0.05) is 28.9 Å². The van der Waals surface area contributed by atoms with Crippen molar-refractivity contribution in [3.05, 3.63) is 45.0 Å². The summed E-state index contributed by atoms with van der Waals surface area (Å²) in [4.78, 5) is 35.1. The lowest BCUT2D eigenvalue weighted by atomic mass is 9.90. The third kappa shape index (κ3) is 8.21. The molecule has 1 saturated carbocycles. The fraction of sp³-hybridized carbons (Fsp3) is 0.609. The summed E-state index contributed by atoms with van der Waals surface area (Å²) in [7, 11) is -3.40. The van der Waals surface area contributed by atoms with Crippen molar-refractivity contribution in [3.63, 3.8) is 0 Å². The molecule has 1 aromatic carbocycles. The number of aromatic nitrogens is 1. The van der Waals surface area contributed by atoms with Crippen LogP contribution >= 0.6 is 0 Å². The maximum atomic E-state index is 12.0. The Balaban J connectivity index is 0.00000408. The molecule has 0 unspecified atom stereocenters. The minimum atomic E-state index is -3.40. The van der Waals surface area contributed by atoms with Gasteiger partial charge < -0.3 is 10.6 Å². The molecule has 1 fully saturated rings. The average Bonchev–Trinajstić information content (AvgIpc) is 2.83. The first-order valence-corrected chi connectivity index (χ1v) is 13.5. The van der Waals surface area contributed by atoms with E-state index in [1.807, 2.05) is 0 Å². The zero-order chi connectivity index (χ0) is 23.5. The molecule has 0 spiro atoms. The second-order valence-corrected chi connectivity index (χ2v) is 10.5. The van der Waals surface area contributed by atoms with Gasteiger partial charge in [0.1, 0.15) is 11.4 Å². The molecule has 3 rings (SSSR count). The molecule has 1 aromatic heterocycles. The summed E-state index contributed by atoms with van der Waals surface area (Å²) in [6.07, 6.45) is 13.1. The molecule has 0 amide bonds. The molecule has 33 heavy (non-hydrogen) atoms. The Hall–Kier alpha value is -2.30. The van der Waals surface area contributed by atoms with Gasteiger partial charge in [-0.05, 0) is 43.7 Å². The minimum absolute atomic E-state index is 0. The number of sulfonamides is 1. The van der Waals surface area contributed by atoms with Crippen molar-refractivity contribution in [1.82, 2.24) is 9.87 Å². The number of nitrogens with zero attached hydrogens (tertiary/aromatic N) is 1. The zero-order valence-electron chi connectivity index (χ0n) is 19.0. The lowest BCUT2D eigenvalue weighted by Gasteiger charge is -2.21. The van der Waals surface area contributed by atoms with Gasteiger partial charge in [0.25, 0.3) is 10.9 Å². The molecule has 1 aliphatic carbocycles. The van der Waals surface area contributed by atoms with Gasteiger partial charge in [-0.15, -0.1) is 0 Å². The van der Waals surface area contributed by atoms with Crippen LogP contribution < -0.4 is 26.4 Å². The van der Waals surface area contributed by atoms with E-state index in [2.05, 4.69) is 20.5 Å². The predicted octanol–water partition coefficient (Wildman–Crippen LogP) is 3.95. The molecule has 2 aromatic rings. The van der Waals surface area contributed by atoms with E-state index in [1.54, 1.807) is 24.5 Å². The molecule has 0 radical (unpaired) electrons. The molecule has 3 N–H and O–H groups in total. The van der Waals surface area contributed by atoms with E-state index < -0.39 is 20.9 Å². The molecular weight excluding hydrogens is 444 g/mol. The standard InChI is InChI=1S/C23H34N4O5S.3H2/c28-22-20(21(23(22)29)26-19-11-14-24-15-12-19)25-13-7-2-1-3-8-16-33(30,31)27-32-17-18-9-5-4-6-10-18;;;/h11-12,14-15,18,25,27H,1-10,13,16-17H2,(H,24,26);3*1H. The summed E-state index contributed by atoms with van der Waals surface area (Å²) < 4.78 is 24.0. The first-order valence-electron chi connectivity index (χ1n) is 11.8. The van der Waals surface area contributed by atoms with Gasteiger partial charge in [-0.3, -0.25) is 19.4 Å². The van der Waals surface area contributed by atoms with Crippen molar-refractivity contribution >= 4 is 27.1 Å². The SMILES string of the molecule is O=c1c(NCCCCCCCS(=O)(=O)NOCC2CCCCC2)c(Nc2ccncc2)c1=O.[HH].[HH].[HH]. The topological polar surface area (TPSA) is 126 Å². The number of nitrogens with one attached hydrogen (secondary N) is 3. The summed E-state index contributed by atoms with van der Waals surface area (Å²) >= 11 is 0. The normalized spacial score (nSPS) is 15.0. The second-order valence-electron chi connectivity index (χ2n) is 8.68. The fourth-order valence-electron chi connectivity index (χ4n) is 4.06. The number of rotatable bonds is 15. The highest BCUT2D eigenvalue weighted by Gasteiger charge is 2.20. The van der Waals surface area contributed by atoms with Crippen molar-refractivity contribution in [2.24, 2.45) is 5.92 Å². The lowest BCUT2D eigenvalue weighted by Crippen LogP contribution is -2.36. The Morgan fingerprint density at radius 2 is 1.61 bits per heavy atom. The van der Waals surface area contributed by atoms with Crippen molar-refractivity contribution in [2.75, 3.05) is 29.5 Å². The largest absolute Gasteiger partial charge is 0.380 e. The van der Waals surface area contributed by atoms with Crippen LogP contribution in [0.1, 0.15) is 68.5 Å². The van der Waals surface area contributed by atoms with Crippen molar-refractivity contribution in [3.8, 4) is 0 Å². The molecule has 0 aliphatic heterocycles. The Morgan fingerprint density at radius 1 is 0.939 bits per heavy atom. The highest BCUT2D eigenvalue weighted by Crippen LogP contribution is 2.23. The van der Waals surface area contributed by atoms with Gasteiger partial charge in [-0.2, -0.15) is 0 Å². The quantitative estimate of drug-likeness (QED) is 0.197. The molecule has 10 heteroatoms. The van der Waals surface area contributed by atoms with Crippen LogP contribution in [0.3, 0.4) is 0 Å². The third-order valence-corrected chi connectivity index (χ3v) is 7.18. The Morgan fingerprint density at radius 3 is 2.36 bits per heavy atom. The van der Waals surface area contributed by atoms with E-state index in [9.17, 15) is 18.0 Å². The third-order valence-electron chi connectivity index (χ3n) is 5.98. The number of unbranched alkanes of at least 4 members (excludes halogenated alkanes) is 4. The summed E-state index contributed by atoms with van der Waals surface area (Å²) in [5.74, 6) is 0.519. The van der Waals surface area contributed by atoms with Crippen molar-refractivity contribution < 1.29 is 17.5 Å². The van der Waals surface area contributed by atoms with Gasteiger partial charge in [0.15, 0.2) is 0 Å². The van der Waals surface area contributed by atoms with Crippen molar-refractivity contribution in [2.45, 2.75) is 64.2 Å². The van der Waals surface area contributed by atoms with E-state index in [0.717, 1.165) is 38.5 Å². The highest BCUT2D eigenvalue weighted by atomic mass is 32.2. The van der Waals surface area contributed by atoms with Crippen LogP contribution in [0.25, 0.3) is 0 Å². The van der Waals surface area contributed by atoms with Crippen molar-refractivity contribution in [1.29, 1.82) is 0 Å². The maximum absolute atomic E-state index is 12.0. The molecule has 0 bridgehead atoms. The molecule has 188 valence electrons. The van der Waals surface area contributed by atoms with Crippen LogP contribution in [0, 0.1) is 5.92 Å². The number of hydrogen-bond acceptors (Lipinski definition) is 8. The minimum Gasteiger partial charge on any atom is -0.380 e. The first kappa shape index (κ1) is 25.3. The first-order chi connectivity index (χ1) is 16.0. The smallest absolute Gasteiger partial charge is 0.253 e. The Kier molecular flexibility index (Phi) is 9.83. The van der Waals surface area contributed by atoms with E-state index >= 15 is 0 Å². The van der Waals surface area contributed by atoms with Gasteiger partial charge in [0.05, 0.1) is 12.4 Å². The maximum Gasteiger partial charge on any atom is 0.253 e. The van der Waals surface area contributed by atoms with Crippen LogP contribution in [-0.2, 0) is 14.9 Å². The molecular formula is C23H40N4O5S. The highest BCUT2D eigenvalue weighted by molar-refractivity contribution is 7.89. The average molecular weight is 485 g/mol. The molecule has 1 heterocycles. The van der Waals surface area contributed by atoms with E-state index in [-0.39, 0.29) is 15.7 Å². The van der Waals surface area contributed by atoms with Crippen LogP contribution in [-0.4, -0.2) is 32.3 Å². The summed E-state index contributed by atoms with van der Waals surface area (Å²) in [5.41, 5.74) is 0.280.